The molecule has 1 aromatic rings. The van der Waals surface area contributed by atoms with Gasteiger partial charge in [-0.2, -0.15) is 0 Å². The standard InChI is InChI=1S/C14H21NO2/c1-4-10(2)8-16-11-5-6-12-13(15-3)9-17-14(12)7-11/h5-7,10,13,15H,4,8-9H2,1-3H3. The van der Waals surface area contributed by atoms with Crippen LogP contribution in [0.1, 0.15) is 31.9 Å². The molecule has 1 N–H and O–H groups in total. The third kappa shape index (κ3) is 2.72. The quantitative estimate of drug-likeness (QED) is 0.851. The molecule has 0 amide bonds. The first-order valence-corrected chi connectivity index (χ1v) is 6.31. The normalized spacial score (nSPS) is 19.6. The summed E-state index contributed by atoms with van der Waals surface area (Å²) in [7, 11) is 1.95. The second kappa shape index (κ2) is 5.41. The molecule has 1 aliphatic heterocycles. The number of rotatable bonds is 5. The molecule has 2 unspecified atom stereocenters. The minimum absolute atomic E-state index is 0.314. The Morgan fingerprint density at radius 3 is 3.06 bits per heavy atom. The summed E-state index contributed by atoms with van der Waals surface area (Å²) in [6.07, 6.45) is 1.14. The maximum absolute atomic E-state index is 5.75. The minimum Gasteiger partial charge on any atom is -0.493 e. The van der Waals surface area contributed by atoms with Gasteiger partial charge in [0.25, 0.3) is 0 Å². The number of benzene rings is 1. The van der Waals surface area contributed by atoms with Crippen LogP contribution in [0.25, 0.3) is 0 Å². The van der Waals surface area contributed by atoms with Crippen molar-refractivity contribution in [1.82, 2.24) is 5.32 Å². The van der Waals surface area contributed by atoms with Gasteiger partial charge in [-0.15, -0.1) is 0 Å². The van der Waals surface area contributed by atoms with E-state index in [9.17, 15) is 0 Å². The lowest BCUT2D eigenvalue weighted by atomic mass is 10.1. The molecule has 2 rings (SSSR count). The van der Waals surface area contributed by atoms with Gasteiger partial charge in [-0.3, -0.25) is 0 Å². The Morgan fingerprint density at radius 2 is 2.35 bits per heavy atom. The predicted octanol–water partition coefficient (Wildman–Crippen LogP) is 2.76. The first-order chi connectivity index (χ1) is 8.24. The summed E-state index contributed by atoms with van der Waals surface area (Å²) in [5.74, 6) is 2.45. The van der Waals surface area contributed by atoms with Gasteiger partial charge in [0.1, 0.15) is 18.1 Å². The summed E-state index contributed by atoms with van der Waals surface area (Å²) in [5, 5.41) is 3.23. The molecule has 94 valence electrons. The maximum Gasteiger partial charge on any atom is 0.127 e. The van der Waals surface area contributed by atoms with Crippen molar-refractivity contribution in [2.45, 2.75) is 26.3 Å². The van der Waals surface area contributed by atoms with Crippen LogP contribution in [0.2, 0.25) is 0 Å². The third-order valence-electron chi connectivity index (χ3n) is 3.35. The number of ether oxygens (including phenoxy) is 2. The van der Waals surface area contributed by atoms with Crippen LogP contribution < -0.4 is 14.8 Å². The molecule has 3 nitrogen and oxygen atoms in total. The molecule has 1 aromatic carbocycles. The van der Waals surface area contributed by atoms with E-state index >= 15 is 0 Å². The van der Waals surface area contributed by atoms with E-state index in [1.165, 1.54) is 5.56 Å². The lowest BCUT2D eigenvalue weighted by molar-refractivity contribution is 0.255. The molecular weight excluding hydrogens is 214 g/mol. The Morgan fingerprint density at radius 1 is 1.53 bits per heavy atom. The number of likely N-dealkylation sites (N-methyl/N-ethyl adjacent to an activating group) is 1. The van der Waals surface area contributed by atoms with Gasteiger partial charge in [0, 0.05) is 11.6 Å². The fourth-order valence-electron chi connectivity index (χ4n) is 1.88. The van der Waals surface area contributed by atoms with Gasteiger partial charge in [-0.25, -0.2) is 0 Å². The highest BCUT2D eigenvalue weighted by Gasteiger charge is 2.22. The van der Waals surface area contributed by atoms with Crippen molar-refractivity contribution in [1.29, 1.82) is 0 Å². The van der Waals surface area contributed by atoms with E-state index in [0.29, 0.717) is 18.6 Å². The number of hydrogen-bond donors (Lipinski definition) is 1. The molecule has 17 heavy (non-hydrogen) atoms. The van der Waals surface area contributed by atoms with Crippen molar-refractivity contribution in [3.05, 3.63) is 23.8 Å². The monoisotopic (exact) mass is 235 g/mol. The van der Waals surface area contributed by atoms with E-state index < -0.39 is 0 Å². The molecule has 1 heterocycles. The van der Waals surface area contributed by atoms with Gasteiger partial charge in [-0.05, 0) is 25.1 Å². The topological polar surface area (TPSA) is 30.5 Å². The highest BCUT2D eigenvalue weighted by Crippen LogP contribution is 2.35. The lowest BCUT2D eigenvalue weighted by Crippen LogP contribution is -2.17. The molecule has 0 spiro atoms. The van der Waals surface area contributed by atoms with Crippen LogP contribution in [-0.2, 0) is 0 Å². The summed E-state index contributed by atoms with van der Waals surface area (Å²) < 4.78 is 11.4. The van der Waals surface area contributed by atoms with E-state index in [0.717, 1.165) is 24.5 Å². The highest BCUT2D eigenvalue weighted by molar-refractivity contribution is 5.44. The fraction of sp³-hybridized carbons (Fsp3) is 0.571. The van der Waals surface area contributed by atoms with Crippen molar-refractivity contribution in [3.63, 3.8) is 0 Å². The molecule has 1 aliphatic rings. The maximum atomic E-state index is 5.75. The summed E-state index contributed by atoms with van der Waals surface area (Å²) in [6.45, 7) is 5.85. The van der Waals surface area contributed by atoms with Gasteiger partial charge >= 0.3 is 0 Å². The Kier molecular flexibility index (Phi) is 3.89. The van der Waals surface area contributed by atoms with Gasteiger partial charge < -0.3 is 14.8 Å². The van der Waals surface area contributed by atoms with E-state index in [1.54, 1.807) is 0 Å². The van der Waals surface area contributed by atoms with Crippen molar-refractivity contribution in [2.24, 2.45) is 5.92 Å². The number of nitrogens with one attached hydrogen (secondary N) is 1. The largest absolute Gasteiger partial charge is 0.493 e. The van der Waals surface area contributed by atoms with Gasteiger partial charge in [0.15, 0.2) is 0 Å². The molecule has 0 radical (unpaired) electrons. The first kappa shape index (κ1) is 12.2. The average Bonchev–Trinajstić information content (AvgIpc) is 2.78. The predicted molar refractivity (Wildman–Crippen MR) is 68.7 cm³/mol. The summed E-state index contributed by atoms with van der Waals surface area (Å²) in [4.78, 5) is 0. The zero-order chi connectivity index (χ0) is 12.3. The summed E-state index contributed by atoms with van der Waals surface area (Å²) in [5.41, 5.74) is 1.23. The molecule has 0 fully saturated rings. The van der Waals surface area contributed by atoms with E-state index in [-0.39, 0.29) is 0 Å². The minimum atomic E-state index is 0.314. The van der Waals surface area contributed by atoms with Gasteiger partial charge in [0.05, 0.1) is 12.6 Å². The van der Waals surface area contributed by atoms with Crippen LogP contribution in [-0.4, -0.2) is 20.3 Å². The SMILES string of the molecule is CCC(C)COc1ccc2c(c1)OCC2NC. The molecule has 0 aromatic heterocycles. The average molecular weight is 235 g/mol. The van der Waals surface area contributed by atoms with Crippen LogP contribution in [0.3, 0.4) is 0 Å². The Hall–Kier alpha value is -1.22. The summed E-state index contributed by atoms with van der Waals surface area (Å²) in [6, 6.07) is 6.43. The van der Waals surface area contributed by atoms with Gasteiger partial charge in [-0.1, -0.05) is 20.3 Å². The molecule has 0 bridgehead atoms. The molecule has 0 saturated carbocycles. The highest BCUT2D eigenvalue weighted by atomic mass is 16.5. The molecular formula is C14H21NO2. The molecule has 0 saturated heterocycles. The number of fused-ring (bicyclic) bond motifs is 1. The molecule has 0 aliphatic carbocycles. The Labute approximate surface area is 103 Å². The van der Waals surface area contributed by atoms with Crippen LogP contribution in [0.5, 0.6) is 11.5 Å². The van der Waals surface area contributed by atoms with E-state index in [4.69, 9.17) is 9.47 Å². The lowest BCUT2D eigenvalue weighted by Gasteiger charge is -2.12. The van der Waals surface area contributed by atoms with Crippen LogP contribution >= 0.6 is 0 Å². The number of hydrogen-bond acceptors (Lipinski definition) is 3. The molecule has 2 atom stereocenters. The second-order valence-corrected chi connectivity index (χ2v) is 4.68. The third-order valence-corrected chi connectivity index (χ3v) is 3.35. The van der Waals surface area contributed by atoms with Crippen LogP contribution in [0.4, 0.5) is 0 Å². The summed E-state index contributed by atoms with van der Waals surface area (Å²) >= 11 is 0. The van der Waals surface area contributed by atoms with Crippen molar-refractivity contribution < 1.29 is 9.47 Å². The van der Waals surface area contributed by atoms with E-state index in [2.05, 4.69) is 25.2 Å². The second-order valence-electron chi connectivity index (χ2n) is 4.68. The zero-order valence-electron chi connectivity index (χ0n) is 10.8. The fourth-order valence-corrected chi connectivity index (χ4v) is 1.88. The van der Waals surface area contributed by atoms with Crippen LogP contribution in [0.15, 0.2) is 18.2 Å². The van der Waals surface area contributed by atoms with Crippen molar-refractivity contribution in [2.75, 3.05) is 20.3 Å². The Bertz CT molecular complexity index is 378. The Balaban J connectivity index is 2.03. The van der Waals surface area contributed by atoms with Crippen molar-refractivity contribution in [3.8, 4) is 11.5 Å². The van der Waals surface area contributed by atoms with Gasteiger partial charge in [0.2, 0.25) is 0 Å². The first-order valence-electron chi connectivity index (χ1n) is 6.31. The van der Waals surface area contributed by atoms with Crippen molar-refractivity contribution >= 4 is 0 Å². The van der Waals surface area contributed by atoms with E-state index in [1.807, 2.05) is 19.2 Å². The zero-order valence-corrected chi connectivity index (χ0v) is 10.8. The smallest absolute Gasteiger partial charge is 0.127 e. The molecule has 3 heteroatoms. The van der Waals surface area contributed by atoms with Crippen LogP contribution in [0, 0.1) is 5.92 Å².